The van der Waals surface area contributed by atoms with Crippen molar-refractivity contribution in [3.05, 3.63) is 16.7 Å². The molecule has 9 nitrogen and oxygen atoms in total. The van der Waals surface area contributed by atoms with Crippen molar-refractivity contribution in [3.63, 3.8) is 0 Å². The van der Waals surface area contributed by atoms with Crippen LogP contribution in [-0.4, -0.2) is 43.8 Å². The number of unbranched alkanes of at least 4 members (excludes halogenated alkanes) is 6. The number of nitrogens with one attached hydrogen (secondary N) is 1. The van der Waals surface area contributed by atoms with E-state index in [4.69, 9.17) is 10.5 Å². The van der Waals surface area contributed by atoms with Crippen molar-refractivity contribution in [2.75, 3.05) is 18.9 Å². The molecule has 2 rings (SSSR count). The minimum Gasteiger partial charge on any atom is -0.465 e. The Bertz CT molecular complexity index is 817. The number of carbonyl (C=O) groups is 1. The molecule has 0 aromatic carbocycles. The van der Waals surface area contributed by atoms with Crippen LogP contribution in [0.25, 0.3) is 11.2 Å². The van der Waals surface area contributed by atoms with Gasteiger partial charge in [-0.05, 0) is 12.8 Å². The maximum Gasteiger partial charge on any atom is 0.305 e. The van der Waals surface area contributed by atoms with E-state index in [1.807, 2.05) is 0 Å². The number of aromatic nitrogens is 4. The topological polar surface area (TPSA) is 136 Å². The van der Waals surface area contributed by atoms with E-state index in [9.17, 15) is 14.7 Å². The van der Waals surface area contributed by atoms with Crippen LogP contribution in [0.1, 0.15) is 64.7 Å². The van der Waals surface area contributed by atoms with E-state index in [-0.39, 0.29) is 36.6 Å². The summed E-state index contributed by atoms with van der Waals surface area (Å²) in [6, 6.07) is 0. The number of nitrogens with zero attached hydrogens (tertiary/aromatic N) is 3. The van der Waals surface area contributed by atoms with E-state index in [1.54, 1.807) is 4.57 Å². The summed E-state index contributed by atoms with van der Waals surface area (Å²) >= 11 is 0. The fourth-order valence-corrected chi connectivity index (χ4v) is 3.30. The Kier molecular flexibility index (Phi) is 9.63. The number of anilines is 1. The first kappa shape index (κ1) is 22.9. The predicted molar refractivity (Wildman–Crippen MR) is 111 cm³/mol. The number of nitrogens with two attached hydrogens (primary N) is 1. The molecule has 0 radical (unpaired) electrons. The summed E-state index contributed by atoms with van der Waals surface area (Å²) in [5, 5.41) is 9.34. The number of nitrogen functional groups attached to an aromatic ring is 1. The van der Waals surface area contributed by atoms with E-state index in [0.717, 1.165) is 19.3 Å². The number of H-pyrrole nitrogens is 1. The number of fused-ring (bicyclic) bond motifs is 1. The summed E-state index contributed by atoms with van der Waals surface area (Å²) in [7, 11) is 0. The molecule has 0 saturated carbocycles. The average molecular weight is 408 g/mol. The van der Waals surface area contributed by atoms with Gasteiger partial charge in [-0.2, -0.15) is 4.98 Å². The zero-order chi connectivity index (χ0) is 21.1. The van der Waals surface area contributed by atoms with Gasteiger partial charge < -0.3 is 20.1 Å². The molecule has 1 atom stereocenters. The van der Waals surface area contributed by atoms with Gasteiger partial charge in [-0.25, -0.2) is 4.98 Å². The SMILES string of the molecule is CCCCCCCCCC(=O)OC[C@H](CCO)Cn1cnc2c(=O)[nH]c(N)nc21. The molecule has 162 valence electrons. The lowest BCUT2D eigenvalue weighted by Crippen LogP contribution is -2.21. The van der Waals surface area contributed by atoms with Crippen molar-refractivity contribution >= 4 is 23.1 Å². The Morgan fingerprint density at radius 1 is 1.28 bits per heavy atom. The average Bonchev–Trinajstić information content (AvgIpc) is 3.08. The minimum absolute atomic E-state index is 0.0177. The maximum atomic E-state index is 12.0. The molecule has 0 unspecified atom stereocenters. The van der Waals surface area contributed by atoms with Crippen LogP contribution >= 0.6 is 0 Å². The molecule has 4 N–H and O–H groups in total. The van der Waals surface area contributed by atoms with Crippen LogP contribution < -0.4 is 11.3 Å². The normalized spacial score (nSPS) is 12.3. The predicted octanol–water partition coefficient (Wildman–Crippen LogP) is 2.38. The largest absolute Gasteiger partial charge is 0.465 e. The Labute approximate surface area is 170 Å². The third kappa shape index (κ3) is 7.49. The molecule has 2 aromatic rings. The van der Waals surface area contributed by atoms with Crippen molar-refractivity contribution in [2.24, 2.45) is 5.92 Å². The molecular weight excluding hydrogens is 374 g/mol. The van der Waals surface area contributed by atoms with E-state index < -0.39 is 5.56 Å². The first-order valence-corrected chi connectivity index (χ1v) is 10.5. The molecule has 9 heteroatoms. The van der Waals surface area contributed by atoms with Gasteiger partial charge in [-0.1, -0.05) is 45.4 Å². The van der Waals surface area contributed by atoms with Crippen LogP contribution in [0.4, 0.5) is 5.95 Å². The fraction of sp³-hybridized carbons (Fsp3) is 0.700. The van der Waals surface area contributed by atoms with Crippen LogP contribution in [0.3, 0.4) is 0 Å². The summed E-state index contributed by atoms with van der Waals surface area (Å²) in [6.07, 6.45) is 10.4. The van der Waals surface area contributed by atoms with Crippen LogP contribution in [0.2, 0.25) is 0 Å². The van der Waals surface area contributed by atoms with E-state index >= 15 is 0 Å². The highest BCUT2D eigenvalue weighted by atomic mass is 16.5. The van der Waals surface area contributed by atoms with E-state index in [0.29, 0.717) is 25.0 Å². The van der Waals surface area contributed by atoms with Crippen LogP contribution in [0.5, 0.6) is 0 Å². The van der Waals surface area contributed by atoms with Crippen molar-refractivity contribution < 1.29 is 14.6 Å². The van der Waals surface area contributed by atoms with E-state index in [2.05, 4.69) is 21.9 Å². The highest BCUT2D eigenvalue weighted by molar-refractivity contribution is 5.70. The second-order valence-corrected chi connectivity index (χ2v) is 7.45. The fourth-order valence-electron chi connectivity index (χ4n) is 3.30. The third-order valence-electron chi connectivity index (χ3n) is 4.95. The number of aliphatic hydroxyl groups excluding tert-OH is 1. The molecule has 0 aliphatic carbocycles. The second kappa shape index (κ2) is 12.2. The van der Waals surface area contributed by atoms with Gasteiger partial charge in [-0.15, -0.1) is 0 Å². The molecule has 0 bridgehead atoms. The number of esters is 1. The minimum atomic E-state index is -0.397. The molecule has 0 saturated heterocycles. The number of aliphatic hydroxyl groups is 1. The van der Waals surface area contributed by atoms with Crippen molar-refractivity contribution in [3.8, 4) is 0 Å². The van der Waals surface area contributed by atoms with E-state index in [1.165, 1.54) is 32.0 Å². The molecule has 2 heterocycles. The highest BCUT2D eigenvalue weighted by Gasteiger charge is 2.16. The van der Waals surface area contributed by atoms with Crippen LogP contribution in [0.15, 0.2) is 11.1 Å². The molecule has 29 heavy (non-hydrogen) atoms. The number of imidazole rings is 1. The Balaban J connectivity index is 1.80. The molecular formula is C20H33N5O4. The standard InChI is InChI=1S/C20H33N5O4/c1-2-3-4-5-6-7-8-9-16(27)29-13-15(10-11-26)12-25-14-22-17-18(25)23-20(21)24-19(17)28/h14-15,26H,2-13H2,1H3,(H3,21,23,24,28)/t15-/m1/s1. The molecule has 0 aliphatic rings. The molecule has 0 fully saturated rings. The van der Waals surface area contributed by atoms with Gasteiger partial charge in [0.1, 0.15) is 0 Å². The summed E-state index contributed by atoms with van der Waals surface area (Å²) in [5.41, 5.74) is 5.80. The Hall–Kier alpha value is -2.42. The lowest BCUT2D eigenvalue weighted by atomic mass is 10.1. The Morgan fingerprint density at radius 2 is 2.00 bits per heavy atom. The van der Waals surface area contributed by atoms with Crippen LogP contribution in [-0.2, 0) is 16.1 Å². The summed E-state index contributed by atoms with van der Waals surface area (Å²) in [5.74, 6) is -0.308. The Morgan fingerprint density at radius 3 is 2.72 bits per heavy atom. The van der Waals surface area contributed by atoms with Crippen LogP contribution in [0, 0.1) is 5.92 Å². The maximum absolute atomic E-state index is 12.0. The monoisotopic (exact) mass is 407 g/mol. The zero-order valence-corrected chi connectivity index (χ0v) is 17.2. The number of aromatic amines is 1. The summed E-state index contributed by atoms with van der Waals surface area (Å²) < 4.78 is 7.11. The first-order valence-electron chi connectivity index (χ1n) is 10.5. The smallest absolute Gasteiger partial charge is 0.305 e. The molecule has 0 amide bonds. The highest BCUT2D eigenvalue weighted by Crippen LogP contribution is 2.14. The summed E-state index contributed by atoms with van der Waals surface area (Å²) in [6.45, 7) is 2.79. The van der Waals surface area contributed by atoms with Crippen molar-refractivity contribution in [1.82, 2.24) is 19.5 Å². The van der Waals surface area contributed by atoms with Gasteiger partial charge in [0.05, 0.1) is 12.9 Å². The number of carbonyl (C=O) groups excluding carboxylic acids is 1. The summed E-state index contributed by atoms with van der Waals surface area (Å²) in [4.78, 5) is 34.5. The van der Waals surface area contributed by atoms with Gasteiger partial charge in [-0.3, -0.25) is 14.6 Å². The lowest BCUT2D eigenvalue weighted by molar-refractivity contribution is -0.145. The lowest BCUT2D eigenvalue weighted by Gasteiger charge is -2.17. The van der Waals surface area contributed by atoms with Crippen molar-refractivity contribution in [1.29, 1.82) is 0 Å². The number of hydrogen-bond donors (Lipinski definition) is 3. The number of hydrogen-bond acceptors (Lipinski definition) is 7. The molecule has 0 spiro atoms. The molecule has 2 aromatic heterocycles. The third-order valence-corrected chi connectivity index (χ3v) is 4.95. The van der Waals surface area contributed by atoms with Gasteiger partial charge in [0.25, 0.3) is 5.56 Å². The molecule has 0 aliphatic heterocycles. The van der Waals surface area contributed by atoms with Gasteiger partial charge in [0.15, 0.2) is 11.2 Å². The van der Waals surface area contributed by atoms with Gasteiger partial charge in [0.2, 0.25) is 5.95 Å². The number of rotatable bonds is 14. The van der Waals surface area contributed by atoms with Gasteiger partial charge >= 0.3 is 5.97 Å². The van der Waals surface area contributed by atoms with Crippen molar-refractivity contribution in [2.45, 2.75) is 71.3 Å². The number of ether oxygens (including phenoxy) is 1. The van der Waals surface area contributed by atoms with Gasteiger partial charge in [0, 0.05) is 25.5 Å². The second-order valence-electron chi connectivity index (χ2n) is 7.45. The quantitative estimate of drug-likeness (QED) is 0.323. The first-order chi connectivity index (χ1) is 14.0. The zero-order valence-electron chi connectivity index (χ0n) is 17.2.